The maximum atomic E-state index is 15.2. The molecule has 0 bridgehead atoms. The van der Waals surface area contributed by atoms with E-state index in [1.54, 1.807) is 24.4 Å². The zero-order chi connectivity index (χ0) is 35.8. The molecule has 15 nitrogen and oxygen atoms in total. The molecule has 0 unspecified atom stereocenters. The number of anilines is 1. The molecule has 6 heterocycles. The van der Waals surface area contributed by atoms with Crippen molar-refractivity contribution >= 4 is 68.7 Å². The lowest BCUT2D eigenvalue weighted by Crippen LogP contribution is -2.71. The molecule has 3 aromatic heterocycles. The largest absolute Gasteiger partial charge is 0.543 e. The van der Waals surface area contributed by atoms with E-state index in [2.05, 4.69) is 20.9 Å². The zero-order valence-electron chi connectivity index (χ0n) is 27.2. The normalized spacial score (nSPS) is 19.2. The number of hydrogen-bond donors (Lipinski definition) is 3. The number of aliphatic carboxylic acids is 1. The number of pyridine rings is 1. The van der Waals surface area contributed by atoms with E-state index in [1.807, 2.05) is 32.5 Å². The number of hydrazine groups is 1. The van der Waals surface area contributed by atoms with Crippen molar-refractivity contribution in [2.45, 2.75) is 37.3 Å². The molecule has 18 heteroatoms. The van der Waals surface area contributed by atoms with Gasteiger partial charge < -0.3 is 30.4 Å². The quantitative estimate of drug-likeness (QED) is 0.0840. The number of aromatic nitrogens is 3. The summed E-state index contributed by atoms with van der Waals surface area (Å²) in [6, 6.07) is 8.94. The zero-order valence-corrected chi connectivity index (χ0v) is 28.8. The minimum atomic E-state index is -1.51. The molecular weight excluding hydrogens is 702 g/mol. The number of thiazole rings is 1. The molecule has 7 rings (SSSR count). The molecule has 4 N–H and O–H groups in total. The standard InChI is InChI=1S/C33H32FN9O6S2/c1-49-39-25(22-17-51-33(35)36-22)29(45)37-26-30(46)43-27(32(47)48)20(16-50-31(26)43)15-40-9-4-5-23-24(40)8-12-41(23)14-19-7-6-18(13-21(19)34)28(44)38-42-10-2-3-11-42/h4-9,12-13,17,26,31H,2-3,10-11,14-16H2,1H3,(H4-,35,36,37,38,44,45,47,48)/b39-25-/t26-,31-/m1/s1. The number of nitrogen functional groups attached to an aromatic ring is 1. The Labute approximate surface area is 298 Å². The predicted molar refractivity (Wildman–Crippen MR) is 183 cm³/mol. The molecular formula is C33H32FN9O6S2. The van der Waals surface area contributed by atoms with Gasteiger partial charge in [0.15, 0.2) is 23.6 Å². The lowest BCUT2D eigenvalue weighted by molar-refractivity contribution is -0.663. The van der Waals surface area contributed by atoms with Crippen molar-refractivity contribution in [3.8, 4) is 0 Å². The number of carbonyl (C=O) groups excluding carboxylic acids is 4. The average molecular weight is 734 g/mol. The van der Waals surface area contributed by atoms with Crippen LogP contribution in [-0.4, -0.2) is 86.2 Å². The average Bonchev–Trinajstić information content (AvgIpc) is 3.89. The van der Waals surface area contributed by atoms with E-state index in [9.17, 15) is 24.3 Å². The minimum Gasteiger partial charge on any atom is -0.543 e. The van der Waals surface area contributed by atoms with Crippen LogP contribution in [0, 0.1) is 5.82 Å². The number of β-lactam (4-membered cyclic amide) rings is 1. The van der Waals surface area contributed by atoms with E-state index in [1.165, 1.54) is 30.3 Å². The highest BCUT2D eigenvalue weighted by Gasteiger charge is 2.53. The van der Waals surface area contributed by atoms with Gasteiger partial charge in [-0.3, -0.25) is 24.7 Å². The Balaban J connectivity index is 1.07. The smallest absolute Gasteiger partial charge is 0.276 e. The first-order valence-electron chi connectivity index (χ1n) is 16.0. The van der Waals surface area contributed by atoms with Crippen molar-refractivity contribution in [2.24, 2.45) is 5.16 Å². The number of carbonyl (C=O) groups is 4. The van der Waals surface area contributed by atoms with Gasteiger partial charge in [-0.15, -0.1) is 23.1 Å². The number of halogens is 1. The number of nitrogens with one attached hydrogen (secondary N) is 2. The van der Waals surface area contributed by atoms with Crippen LogP contribution >= 0.6 is 23.1 Å². The Morgan fingerprint density at radius 1 is 1.22 bits per heavy atom. The summed E-state index contributed by atoms with van der Waals surface area (Å²) in [6.45, 7) is 1.87. The van der Waals surface area contributed by atoms with E-state index >= 15 is 4.39 Å². The van der Waals surface area contributed by atoms with Crippen molar-refractivity contribution in [3.05, 3.63) is 88.1 Å². The molecule has 2 fully saturated rings. The Hall–Kier alpha value is -5.33. The Kier molecular flexibility index (Phi) is 9.45. The first-order valence-corrected chi connectivity index (χ1v) is 17.9. The van der Waals surface area contributed by atoms with Crippen LogP contribution in [0.25, 0.3) is 11.0 Å². The fourth-order valence-electron chi connectivity index (χ4n) is 6.43. The molecule has 3 aliphatic rings. The molecule has 264 valence electrons. The summed E-state index contributed by atoms with van der Waals surface area (Å²) in [5.41, 5.74) is 10.9. The molecule has 0 radical (unpaired) electrons. The third kappa shape index (κ3) is 6.64. The highest BCUT2D eigenvalue weighted by molar-refractivity contribution is 8.00. The molecule has 2 atom stereocenters. The fraction of sp³-hybridized carbons (Fsp3) is 0.303. The van der Waals surface area contributed by atoms with Crippen LogP contribution in [0.2, 0.25) is 0 Å². The molecule has 3 amide bonds. The van der Waals surface area contributed by atoms with Gasteiger partial charge in [-0.05, 0) is 31.0 Å². The van der Waals surface area contributed by atoms with Gasteiger partial charge in [-0.1, -0.05) is 11.2 Å². The molecule has 0 spiro atoms. The molecule has 51 heavy (non-hydrogen) atoms. The lowest BCUT2D eigenvalue weighted by atomic mass is 10.0. The molecule has 0 aliphatic carbocycles. The number of nitrogens with two attached hydrogens (primary N) is 1. The third-order valence-corrected chi connectivity index (χ3v) is 10.9. The molecule has 0 saturated carbocycles. The van der Waals surface area contributed by atoms with Crippen molar-refractivity contribution in [1.29, 1.82) is 0 Å². The Morgan fingerprint density at radius 3 is 2.73 bits per heavy atom. The highest BCUT2D eigenvalue weighted by Crippen LogP contribution is 2.40. The van der Waals surface area contributed by atoms with Crippen LogP contribution in [0.4, 0.5) is 9.52 Å². The van der Waals surface area contributed by atoms with Gasteiger partial charge in [0.2, 0.25) is 5.52 Å². The number of benzene rings is 1. The van der Waals surface area contributed by atoms with E-state index in [-0.39, 0.29) is 52.5 Å². The highest BCUT2D eigenvalue weighted by atomic mass is 32.2. The number of fused-ring (bicyclic) bond motifs is 2. The van der Waals surface area contributed by atoms with Crippen LogP contribution < -0.4 is 26.1 Å². The summed E-state index contributed by atoms with van der Waals surface area (Å²) in [4.78, 5) is 61.5. The van der Waals surface area contributed by atoms with Gasteiger partial charge in [0, 0.05) is 59.3 Å². The second kappa shape index (κ2) is 14.1. The van der Waals surface area contributed by atoms with Gasteiger partial charge >= 0.3 is 0 Å². The van der Waals surface area contributed by atoms with E-state index < -0.39 is 35.0 Å². The SMILES string of the molecule is CO/N=C(\C(=O)N[C@@H]1C(=O)N2C(C(=O)[O-])=C(C[n+]3cccc4c3ccn4Cc3ccc(C(=O)NN4CCCC4)cc3F)CS[C@H]12)c1csc(N)n1. The second-order valence-corrected chi connectivity index (χ2v) is 14.1. The third-order valence-electron chi connectivity index (χ3n) is 8.89. The number of amides is 3. The molecule has 4 aromatic rings. The van der Waals surface area contributed by atoms with Gasteiger partial charge in [-0.25, -0.2) is 14.4 Å². The maximum Gasteiger partial charge on any atom is 0.276 e. The number of rotatable bonds is 11. The van der Waals surface area contributed by atoms with Crippen molar-refractivity contribution in [3.63, 3.8) is 0 Å². The number of oxime groups is 1. The van der Waals surface area contributed by atoms with Gasteiger partial charge in [0.05, 0.1) is 18.2 Å². The fourth-order valence-corrected chi connectivity index (χ4v) is 8.31. The minimum absolute atomic E-state index is 0.135. The summed E-state index contributed by atoms with van der Waals surface area (Å²) < 4.78 is 18.9. The second-order valence-electron chi connectivity index (χ2n) is 12.1. The summed E-state index contributed by atoms with van der Waals surface area (Å²) in [5.74, 6) is -3.45. The van der Waals surface area contributed by atoms with E-state index in [0.29, 0.717) is 11.1 Å². The van der Waals surface area contributed by atoms with Crippen molar-refractivity contribution in [2.75, 3.05) is 31.7 Å². The monoisotopic (exact) mass is 733 g/mol. The van der Waals surface area contributed by atoms with Crippen LogP contribution in [0.1, 0.15) is 34.5 Å². The summed E-state index contributed by atoms with van der Waals surface area (Å²) >= 11 is 2.42. The van der Waals surface area contributed by atoms with Crippen LogP contribution in [-0.2, 0) is 32.3 Å². The maximum absolute atomic E-state index is 15.2. The number of carboxylic acids is 1. The number of hydrogen-bond acceptors (Lipinski definition) is 12. The topological polar surface area (TPSA) is 191 Å². The van der Waals surface area contributed by atoms with Gasteiger partial charge in [0.1, 0.15) is 35.6 Å². The van der Waals surface area contributed by atoms with E-state index in [0.717, 1.165) is 53.2 Å². The van der Waals surface area contributed by atoms with Crippen LogP contribution in [0.15, 0.2) is 70.6 Å². The van der Waals surface area contributed by atoms with Gasteiger partial charge in [0.25, 0.3) is 17.7 Å². The number of carboxylic acid groups (broad SMARTS) is 1. The Bertz CT molecular complexity index is 2130. The summed E-state index contributed by atoms with van der Waals surface area (Å²) in [5, 5.41) is 21.7. The van der Waals surface area contributed by atoms with Crippen molar-refractivity contribution < 1.29 is 38.1 Å². The van der Waals surface area contributed by atoms with Crippen molar-refractivity contribution in [1.82, 2.24) is 30.2 Å². The summed E-state index contributed by atoms with van der Waals surface area (Å²) in [6.07, 6.45) is 5.61. The molecule has 1 aromatic carbocycles. The first kappa shape index (κ1) is 34.1. The first-order chi connectivity index (χ1) is 24.6. The number of nitrogens with zero attached hydrogens (tertiary/aromatic N) is 6. The van der Waals surface area contributed by atoms with Crippen LogP contribution in [0.5, 0.6) is 0 Å². The van der Waals surface area contributed by atoms with Crippen LogP contribution in [0.3, 0.4) is 0 Å². The molecule has 3 aliphatic heterocycles. The number of thioether (sulfide) groups is 1. The van der Waals surface area contributed by atoms with E-state index in [4.69, 9.17) is 10.6 Å². The summed E-state index contributed by atoms with van der Waals surface area (Å²) in [7, 11) is 1.26. The molecule has 2 saturated heterocycles. The van der Waals surface area contributed by atoms with Gasteiger partial charge in [-0.2, -0.15) is 4.57 Å². The predicted octanol–water partition coefficient (Wildman–Crippen LogP) is 0.350. The Morgan fingerprint density at radius 2 is 2.02 bits per heavy atom. The lowest BCUT2D eigenvalue weighted by Gasteiger charge is -2.50.